The van der Waals surface area contributed by atoms with Crippen molar-refractivity contribution in [2.24, 2.45) is 5.41 Å². The molecule has 30 heavy (non-hydrogen) atoms. The number of carbonyl (C=O) groups is 1. The fourth-order valence-corrected chi connectivity index (χ4v) is 5.84. The van der Waals surface area contributed by atoms with Gasteiger partial charge in [0.05, 0.1) is 5.41 Å². The second-order valence-electron chi connectivity index (χ2n) is 7.52. The molecule has 3 rings (SSSR count). The highest BCUT2D eigenvalue weighted by molar-refractivity contribution is 7.86. The largest absolute Gasteiger partial charge is 0.573 e. The third-order valence-electron chi connectivity index (χ3n) is 5.93. The number of rotatable bonds is 6. The molecule has 1 amide bonds. The number of carbonyl (C=O) groups excluding carboxylic acids is 1. The van der Waals surface area contributed by atoms with Crippen LogP contribution in [-0.4, -0.2) is 62.0 Å². The van der Waals surface area contributed by atoms with Gasteiger partial charge in [-0.15, -0.1) is 13.2 Å². The second kappa shape index (κ2) is 8.35. The van der Waals surface area contributed by atoms with Crippen molar-refractivity contribution >= 4 is 21.8 Å². The van der Waals surface area contributed by atoms with E-state index in [1.54, 1.807) is 18.7 Å². The van der Waals surface area contributed by atoms with Crippen LogP contribution in [0.2, 0.25) is 0 Å². The maximum atomic E-state index is 13.1. The fourth-order valence-electron chi connectivity index (χ4n) is 4.22. The predicted octanol–water partition coefficient (Wildman–Crippen LogP) is 2.99. The normalized spacial score (nSPS) is 20.3. The van der Waals surface area contributed by atoms with Gasteiger partial charge in [-0.1, -0.05) is 13.8 Å². The van der Waals surface area contributed by atoms with Crippen LogP contribution >= 0.6 is 0 Å². The van der Waals surface area contributed by atoms with Gasteiger partial charge in [-0.05, 0) is 43.5 Å². The van der Waals surface area contributed by atoms with Crippen LogP contribution in [0.5, 0.6) is 5.75 Å². The molecule has 0 N–H and O–H groups in total. The van der Waals surface area contributed by atoms with Gasteiger partial charge in [0.25, 0.3) is 10.2 Å². The number of anilines is 1. The minimum absolute atomic E-state index is 0.105. The molecule has 2 fully saturated rings. The molecule has 0 atom stereocenters. The van der Waals surface area contributed by atoms with Gasteiger partial charge in [-0.25, -0.2) is 0 Å². The number of benzene rings is 1. The zero-order chi connectivity index (χ0) is 22.2. The SMILES string of the molecule is CCN(CC)S(=O)(=O)N1CCC2(CCN(c3ccc(OC(F)(F)F)cc3)C2=O)CC1. The average molecular weight is 449 g/mol. The van der Waals surface area contributed by atoms with Crippen molar-refractivity contribution in [2.75, 3.05) is 37.6 Å². The van der Waals surface area contributed by atoms with E-state index in [0.29, 0.717) is 44.6 Å². The number of halogens is 3. The lowest BCUT2D eigenvalue weighted by atomic mass is 9.77. The first-order valence-electron chi connectivity index (χ1n) is 9.95. The standard InChI is InChI=1S/C19H26F3N3O4S/c1-3-23(4-2)30(27,28)24-12-9-18(10-13-24)11-14-25(17(18)26)15-5-7-16(8-6-15)29-19(20,21)22/h5-8H,3-4,9-14H2,1-2H3. The first-order valence-corrected chi connectivity index (χ1v) is 11.3. The van der Waals surface area contributed by atoms with Crippen molar-refractivity contribution in [3.8, 4) is 5.75 Å². The summed E-state index contributed by atoms with van der Waals surface area (Å²) in [4.78, 5) is 14.7. The number of amides is 1. The molecule has 2 saturated heterocycles. The highest BCUT2D eigenvalue weighted by atomic mass is 32.2. The van der Waals surface area contributed by atoms with E-state index in [-0.39, 0.29) is 24.7 Å². The van der Waals surface area contributed by atoms with Crippen LogP contribution in [0.25, 0.3) is 0 Å². The van der Waals surface area contributed by atoms with Gasteiger partial charge in [0, 0.05) is 38.4 Å². The minimum atomic E-state index is -4.77. The first kappa shape index (κ1) is 22.8. The van der Waals surface area contributed by atoms with Crippen molar-refractivity contribution in [1.29, 1.82) is 0 Å². The molecule has 0 saturated carbocycles. The Hall–Kier alpha value is -1.85. The Morgan fingerprint density at radius 3 is 2.07 bits per heavy atom. The van der Waals surface area contributed by atoms with E-state index in [0.717, 1.165) is 0 Å². The molecular weight excluding hydrogens is 423 g/mol. The van der Waals surface area contributed by atoms with E-state index in [1.807, 2.05) is 0 Å². The summed E-state index contributed by atoms with van der Waals surface area (Å²) in [5.41, 5.74) is -0.124. The summed E-state index contributed by atoms with van der Waals surface area (Å²) in [5, 5.41) is 0. The summed E-state index contributed by atoms with van der Waals surface area (Å²) in [6, 6.07) is 5.22. The highest BCUT2D eigenvalue weighted by Gasteiger charge is 2.50. The smallest absolute Gasteiger partial charge is 0.406 e. The zero-order valence-electron chi connectivity index (χ0n) is 17.0. The Kier molecular flexibility index (Phi) is 6.35. The molecule has 0 bridgehead atoms. The predicted molar refractivity (Wildman–Crippen MR) is 105 cm³/mol. The second-order valence-corrected chi connectivity index (χ2v) is 9.45. The molecule has 0 radical (unpaired) electrons. The molecule has 11 heteroatoms. The van der Waals surface area contributed by atoms with Gasteiger partial charge in [-0.3, -0.25) is 4.79 Å². The van der Waals surface area contributed by atoms with Crippen LogP contribution in [0, 0.1) is 5.41 Å². The van der Waals surface area contributed by atoms with Crippen LogP contribution < -0.4 is 9.64 Å². The molecule has 7 nitrogen and oxygen atoms in total. The molecule has 2 aliphatic heterocycles. The molecule has 168 valence electrons. The van der Waals surface area contributed by atoms with E-state index < -0.39 is 22.0 Å². The number of hydrogen-bond donors (Lipinski definition) is 0. The van der Waals surface area contributed by atoms with Gasteiger partial charge < -0.3 is 9.64 Å². The molecule has 0 aromatic heterocycles. The summed E-state index contributed by atoms with van der Waals surface area (Å²) in [7, 11) is -3.54. The van der Waals surface area contributed by atoms with Crippen molar-refractivity contribution in [2.45, 2.75) is 39.5 Å². The van der Waals surface area contributed by atoms with Crippen LogP contribution in [0.3, 0.4) is 0 Å². The quantitative estimate of drug-likeness (QED) is 0.670. The summed E-state index contributed by atoms with van der Waals surface area (Å²) in [6.07, 6.45) is -3.32. The maximum Gasteiger partial charge on any atom is 0.573 e. The Bertz CT molecular complexity index is 862. The average Bonchev–Trinajstić information content (AvgIpc) is 2.98. The highest BCUT2D eigenvalue weighted by Crippen LogP contribution is 2.44. The van der Waals surface area contributed by atoms with Crippen LogP contribution in [0.4, 0.5) is 18.9 Å². The van der Waals surface area contributed by atoms with Gasteiger partial charge >= 0.3 is 6.36 Å². The molecule has 1 aromatic carbocycles. The summed E-state index contributed by atoms with van der Waals surface area (Å²) >= 11 is 0. The Balaban J connectivity index is 1.67. The molecule has 0 aliphatic carbocycles. The lowest BCUT2D eigenvalue weighted by Crippen LogP contribution is -2.51. The molecule has 1 spiro atoms. The van der Waals surface area contributed by atoms with Gasteiger partial charge in [0.2, 0.25) is 5.91 Å². The Morgan fingerprint density at radius 1 is 1.03 bits per heavy atom. The molecule has 1 aromatic rings. The monoisotopic (exact) mass is 449 g/mol. The van der Waals surface area contributed by atoms with Gasteiger partial charge in [0.1, 0.15) is 5.75 Å². The van der Waals surface area contributed by atoms with E-state index >= 15 is 0 Å². The summed E-state index contributed by atoms with van der Waals surface area (Å²) < 4.78 is 69.1. The topological polar surface area (TPSA) is 70.2 Å². The number of alkyl halides is 3. The number of piperidine rings is 1. The van der Waals surface area contributed by atoms with Crippen molar-refractivity contribution in [3.63, 3.8) is 0 Å². The number of nitrogens with zero attached hydrogens (tertiary/aromatic N) is 3. The van der Waals surface area contributed by atoms with Gasteiger partial charge in [0.15, 0.2) is 0 Å². The van der Waals surface area contributed by atoms with E-state index in [4.69, 9.17) is 0 Å². The van der Waals surface area contributed by atoms with Crippen LogP contribution in [-0.2, 0) is 15.0 Å². The van der Waals surface area contributed by atoms with Gasteiger partial charge in [-0.2, -0.15) is 17.0 Å². The summed E-state index contributed by atoms with van der Waals surface area (Å²) in [6.45, 7) is 5.35. The van der Waals surface area contributed by atoms with Crippen molar-refractivity contribution in [1.82, 2.24) is 8.61 Å². The molecule has 0 unspecified atom stereocenters. The summed E-state index contributed by atoms with van der Waals surface area (Å²) in [5.74, 6) is -0.450. The maximum absolute atomic E-state index is 13.1. The lowest BCUT2D eigenvalue weighted by molar-refractivity contribution is -0.274. The Labute approximate surface area is 174 Å². The minimum Gasteiger partial charge on any atom is -0.406 e. The first-order chi connectivity index (χ1) is 14.0. The van der Waals surface area contributed by atoms with E-state index in [1.165, 1.54) is 32.9 Å². The molecule has 2 heterocycles. The lowest BCUT2D eigenvalue weighted by Gasteiger charge is -2.38. The third-order valence-corrected chi connectivity index (χ3v) is 8.12. The zero-order valence-corrected chi connectivity index (χ0v) is 17.8. The van der Waals surface area contributed by atoms with Crippen LogP contribution in [0.1, 0.15) is 33.1 Å². The Morgan fingerprint density at radius 2 is 1.57 bits per heavy atom. The van der Waals surface area contributed by atoms with Crippen molar-refractivity contribution < 1.29 is 31.1 Å². The third kappa shape index (κ3) is 4.42. The molecule has 2 aliphatic rings. The number of ether oxygens (including phenoxy) is 1. The van der Waals surface area contributed by atoms with Crippen LogP contribution in [0.15, 0.2) is 24.3 Å². The molecular formula is C19H26F3N3O4S. The van der Waals surface area contributed by atoms with E-state index in [2.05, 4.69) is 4.74 Å². The van der Waals surface area contributed by atoms with E-state index in [9.17, 15) is 26.4 Å². The number of hydrogen-bond acceptors (Lipinski definition) is 4. The van der Waals surface area contributed by atoms with Crippen molar-refractivity contribution in [3.05, 3.63) is 24.3 Å². The fraction of sp³-hybridized carbons (Fsp3) is 0.632.